The van der Waals surface area contributed by atoms with Crippen LogP contribution in [0.25, 0.3) is 34.2 Å². The third-order valence-electron chi connectivity index (χ3n) is 4.78. The molecule has 0 unspecified atom stereocenters. The van der Waals surface area contributed by atoms with E-state index in [9.17, 15) is 0 Å². The molecule has 1 aliphatic rings. The average molecular weight is 404 g/mol. The van der Waals surface area contributed by atoms with Crippen molar-refractivity contribution in [3.63, 3.8) is 0 Å². The van der Waals surface area contributed by atoms with Crippen LogP contribution >= 0.6 is 0 Å². The van der Waals surface area contributed by atoms with Crippen molar-refractivity contribution < 1.29 is 18.7 Å². The van der Waals surface area contributed by atoms with E-state index in [0.717, 1.165) is 42.0 Å². The number of benzene rings is 2. The second kappa shape index (κ2) is 7.90. The molecular weight excluding hydrogens is 384 g/mol. The van der Waals surface area contributed by atoms with E-state index >= 15 is 0 Å². The van der Waals surface area contributed by atoms with Gasteiger partial charge in [-0.3, -0.25) is 5.10 Å². The molecule has 0 fully saturated rings. The van der Waals surface area contributed by atoms with E-state index in [0.29, 0.717) is 28.9 Å². The Bertz CT molecular complexity index is 1150. The van der Waals surface area contributed by atoms with Gasteiger partial charge in [0.15, 0.2) is 11.5 Å². The normalized spacial score (nSPS) is 12.3. The lowest BCUT2D eigenvalue weighted by Gasteiger charge is -2.05. The van der Waals surface area contributed by atoms with Crippen LogP contribution in [0, 0.1) is 0 Å². The fourth-order valence-electron chi connectivity index (χ4n) is 3.12. The molecule has 0 atom stereocenters. The molecule has 0 saturated carbocycles. The van der Waals surface area contributed by atoms with Crippen molar-refractivity contribution in [2.24, 2.45) is 0 Å². The van der Waals surface area contributed by atoms with Crippen molar-refractivity contribution in [1.29, 1.82) is 0 Å². The number of ether oxygens (including phenoxy) is 3. The van der Waals surface area contributed by atoms with Crippen molar-refractivity contribution in [2.45, 2.75) is 19.8 Å². The van der Waals surface area contributed by atoms with Gasteiger partial charge < -0.3 is 18.7 Å². The zero-order chi connectivity index (χ0) is 20.3. The van der Waals surface area contributed by atoms with Gasteiger partial charge in [0, 0.05) is 11.1 Å². The Balaban J connectivity index is 1.32. The number of aromatic nitrogens is 4. The molecule has 0 radical (unpaired) electrons. The lowest BCUT2D eigenvalue weighted by atomic mass is 10.1. The zero-order valence-corrected chi connectivity index (χ0v) is 16.4. The number of hydrogen-bond donors (Lipinski definition) is 1. The maximum absolute atomic E-state index is 5.71. The van der Waals surface area contributed by atoms with Crippen LogP contribution < -0.4 is 14.2 Å². The fraction of sp³-hybridized carbons (Fsp3) is 0.227. The number of rotatable bonds is 7. The van der Waals surface area contributed by atoms with E-state index < -0.39 is 0 Å². The first-order chi connectivity index (χ1) is 14.8. The average Bonchev–Trinajstić information content (AvgIpc) is 3.54. The topological polar surface area (TPSA) is 95.3 Å². The van der Waals surface area contributed by atoms with Gasteiger partial charge in [0.1, 0.15) is 11.4 Å². The van der Waals surface area contributed by atoms with Gasteiger partial charge in [-0.15, -0.1) is 0 Å². The molecule has 0 aliphatic carbocycles. The van der Waals surface area contributed by atoms with Crippen LogP contribution in [0.4, 0.5) is 0 Å². The van der Waals surface area contributed by atoms with Gasteiger partial charge in [-0.05, 0) is 55.0 Å². The third-order valence-corrected chi connectivity index (χ3v) is 4.78. The Morgan fingerprint density at radius 3 is 2.70 bits per heavy atom. The van der Waals surface area contributed by atoms with Gasteiger partial charge in [0.25, 0.3) is 5.89 Å². The molecule has 3 heterocycles. The molecule has 0 bridgehead atoms. The summed E-state index contributed by atoms with van der Waals surface area (Å²) in [5, 5.41) is 11.4. The van der Waals surface area contributed by atoms with Gasteiger partial charge in [-0.1, -0.05) is 18.5 Å². The summed E-state index contributed by atoms with van der Waals surface area (Å²) in [5.41, 5.74) is 3.18. The molecule has 0 amide bonds. The van der Waals surface area contributed by atoms with Crippen LogP contribution in [-0.2, 0) is 0 Å². The maximum atomic E-state index is 5.71. The summed E-state index contributed by atoms with van der Waals surface area (Å²) in [5.74, 6) is 3.06. The van der Waals surface area contributed by atoms with Crippen LogP contribution in [-0.4, -0.2) is 33.7 Å². The minimum Gasteiger partial charge on any atom is -0.494 e. The number of aromatic amines is 1. The first-order valence-electron chi connectivity index (χ1n) is 9.83. The van der Waals surface area contributed by atoms with Gasteiger partial charge in [-0.2, -0.15) is 10.1 Å². The third kappa shape index (κ3) is 3.59. The zero-order valence-electron chi connectivity index (χ0n) is 16.4. The summed E-state index contributed by atoms with van der Waals surface area (Å²) < 4.78 is 21.9. The predicted octanol–water partition coefficient (Wildman–Crippen LogP) is 4.70. The standard InChI is InChI=1S/C22H20N4O4/c1-2-3-10-27-16-7-4-14(5-8-16)17-12-18(25-24-17)22-23-21(26-30-22)15-6-9-19-20(11-15)29-13-28-19/h4-9,11-12H,2-3,10,13H2,1H3,(H,24,25). The molecule has 2 aromatic carbocycles. The van der Waals surface area contributed by atoms with Crippen LogP contribution in [0.1, 0.15) is 19.8 Å². The van der Waals surface area contributed by atoms with Crippen molar-refractivity contribution in [1.82, 2.24) is 20.3 Å². The number of H-pyrrole nitrogens is 1. The summed E-state index contributed by atoms with van der Waals surface area (Å²) in [6, 6.07) is 15.3. The highest BCUT2D eigenvalue weighted by Gasteiger charge is 2.18. The molecule has 30 heavy (non-hydrogen) atoms. The molecule has 5 rings (SSSR count). The smallest absolute Gasteiger partial charge is 0.276 e. The van der Waals surface area contributed by atoms with Crippen LogP contribution in [0.5, 0.6) is 17.2 Å². The Labute approximate surface area is 172 Å². The van der Waals surface area contributed by atoms with E-state index in [1.165, 1.54) is 0 Å². The molecule has 4 aromatic rings. The number of nitrogens with zero attached hydrogens (tertiary/aromatic N) is 3. The van der Waals surface area contributed by atoms with E-state index in [-0.39, 0.29) is 6.79 Å². The number of nitrogens with one attached hydrogen (secondary N) is 1. The van der Waals surface area contributed by atoms with E-state index in [4.69, 9.17) is 18.7 Å². The molecule has 8 nitrogen and oxygen atoms in total. The van der Waals surface area contributed by atoms with Crippen molar-refractivity contribution in [3.8, 4) is 51.5 Å². The maximum Gasteiger partial charge on any atom is 0.276 e. The predicted molar refractivity (Wildman–Crippen MR) is 109 cm³/mol. The molecule has 1 aliphatic heterocycles. The van der Waals surface area contributed by atoms with Crippen molar-refractivity contribution >= 4 is 0 Å². The summed E-state index contributed by atoms with van der Waals surface area (Å²) in [6.07, 6.45) is 2.16. The highest BCUT2D eigenvalue weighted by molar-refractivity contribution is 5.67. The Morgan fingerprint density at radius 1 is 1.00 bits per heavy atom. The van der Waals surface area contributed by atoms with Crippen molar-refractivity contribution in [2.75, 3.05) is 13.4 Å². The van der Waals surface area contributed by atoms with Gasteiger partial charge in [0.05, 0.1) is 12.3 Å². The molecular formula is C22H20N4O4. The molecule has 2 aromatic heterocycles. The second-order valence-corrected chi connectivity index (χ2v) is 6.88. The Morgan fingerprint density at radius 2 is 1.83 bits per heavy atom. The number of fused-ring (bicyclic) bond motifs is 1. The second-order valence-electron chi connectivity index (χ2n) is 6.88. The lowest BCUT2D eigenvalue weighted by molar-refractivity contribution is 0.174. The van der Waals surface area contributed by atoms with E-state index in [2.05, 4.69) is 27.3 Å². The highest BCUT2D eigenvalue weighted by atomic mass is 16.7. The minimum atomic E-state index is 0.221. The summed E-state index contributed by atoms with van der Waals surface area (Å²) >= 11 is 0. The molecule has 0 saturated heterocycles. The van der Waals surface area contributed by atoms with E-state index in [1.54, 1.807) is 0 Å². The molecule has 1 N–H and O–H groups in total. The first-order valence-corrected chi connectivity index (χ1v) is 9.83. The monoisotopic (exact) mass is 404 g/mol. The number of hydrogen-bond acceptors (Lipinski definition) is 7. The SMILES string of the molecule is CCCCOc1ccc(-c2cc(-c3nc(-c4ccc5c(c4)OCO5)no3)[nH]n2)cc1. The van der Waals surface area contributed by atoms with Gasteiger partial charge >= 0.3 is 0 Å². The summed E-state index contributed by atoms with van der Waals surface area (Å²) in [4.78, 5) is 4.47. The van der Waals surface area contributed by atoms with Crippen molar-refractivity contribution in [3.05, 3.63) is 48.5 Å². The molecule has 8 heteroatoms. The van der Waals surface area contributed by atoms with Gasteiger partial charge in [0.2, 0.25) is 12.6 Å². The quantitative estimate of drug-likeness (QED) is 0.446. The minimum absolute atomic E-state index is 0.221. The van der Waals surface area contributed by atoms with Gasteiger partial charge in [-0.25, -0.2) is 0 Å². The lowest BCUT2D eigenvalue weighted by Crippen LogP contribution is -1.95. The summed E-state index contributed by atoms with van der Waals surface area (Å²) in [6.45, 7) is 3.09. The molecule has 152 valence electrons. The Kier molecular flexibility index (Phi) is 4.80. The highest BCUT2D eigenvalue weighted by Crippen LogP contribution is 2.35. The fourth-order valence-corrected chi connectivity index (χ4v) is 3.12. The van der Waals surface area contributed by atoms with Crippen LogP contribution in [0.2, 0.25) is 0 Å². The van der Waals surface area contributed by atoms with Crippen LogP contribution in [0.3, 0.4) is 0 Å². The first kappa shape index (κ1) is 18.2. The Hall–Kier alpha value is -3.81. The van der Waals surface area contributed by atoms with E-state index in [1.807, 2.05) is 48.5 Å². The number of unbranched alkanes of at least 4 members (excludes halogenated alkanes) is 1. The molecule has 0 spiro atoms. The van der Waals surface area contributed by atoms with Crippen LogP contribution in [0.15, 0.2) is 53.1 Å². The largest absolute Gasteiger partial charge is 0.494 e. The summed E-state index contributed by atoms with van der Waals surface area (Å²) in [7, 11) is 0.